The number of amides is 1. The summed E-state index contributed by atoms with van der Waals surface area (Å²) >= 11 is 0. The van der Waals surface area contributed by atoms with Gasteiger partial charge in [-0.25, -0.2) is 4.79 Å². The molecular weight excluding hydrogens is 296 g/mol. The summed E-state index contributed by atoms with van der Waals surface area (Å²) in [6, 6.07) is -1.65. The van der Waals surface area contributed by atoms with Crippen molar-refractivity contribution in [3.8, 4) is 0 Å². The summed E-state index contributed by atoms with van der Waals surface area (Å²) in [5.74, 6) is -8.05. The van der Waals surface area contributed by atoms with E-state index in [0.717, 1.165) is 0 Å². The first-order valence-electron chi connectivity index (χ1n) is 5.63. The number of carbonyl (C=O) groups excluding carboxylic acids is 1. The molecule has 0 aromatic rings. The van der Waals surface area contributed by atoms with Gasteiger partial charge in [-0.3, -0.25) is 4.79 Å². The molecule has 1 aliphatic rings. The fourth-order valence-electron chi connectivity index (χ4n) is 2.08. The Labute approximate surface area is 109 Å². The number of piperidine rings is 1. The standard InChI is InChI=1S/C10H11F6NO3/c11-9(12,13)6(10(14,15)16)7(18)17-4-2-1-3-5(17)8(19)20/h5-6H,1-4H2,(H,19,20)/t5-/m1/s1. The Hall–Kier alpha value is -1.48. The molecule has 1 rings (SSSR count). The van der Waals surface area contributed by atoms with Gasteiger partial charge in [0.05, 0.1) is 0 Å². The number of carboxylic acids is 1. The van der Waals surface area contributed by atoms with E-state index in [1.165, 1.54) is 0 Å². The average molecular weight is 307 g/mol. The van der Waals surface area contributed by atoms with E-state index in [1.54, 1.807) is 0 Å². The zero-order valence-corrected chi connectivity index (χ0v) is 9.96. The SMILES string of the molecule is O=C(O)[C@H]1CCCCN1C(=O)C(C(F)(F)F)C(F)(F)F. The number of alkyl halides is 6. The number of halogens is 6. The largest absolute Gasteiger partial charge is 0.480 e. The molecule has 10 heteroatoms. The molecule has 4 nitrogen and oxygen atoms in total. The number of aliphatic carboxylic acids is 1. The molecule has 1 N–H and O–H groups in total. The molecule has 0 unspecified atom stereocenters. The second kappa shape index (κ2) is 5.49. The van der Waals surface area contributed by atoms with Crippen LogP contribution in [0.1, 0.15) is 19.3 Å². The van der Waals surface area contributed by atoms with E-state index >= 15 is 0 Å². The topological polar surface area (TPSA) is 57.6 Å². The predicted molar refractivity (Wildman–Crippen MR) is 52.6 cm³/mol. The van der Waals surface area contributed by atoms with E-state index in [9.17, 15) is 35.9 Å². The number of carboxylic acid groups (broad SMARTS) is 1. The number of rotatable bonds is 2. The van der Waals surface area contributed by atoms with Crippen LogP contribution in [-0.2, 0) is 9.59 Å². The van der Waals surface area contributed by atoms with Gasteiger partial charge in [-0.05, 0) is 19.3 Å². The highest BCUT2D eigenvalue weighted by Gasteiger charge is 2.62. The third-order valence-electron chi connectivity index (χ3n) is 2.97. The Bertz CT molecular complexity index is 377. The van der Waals surface area contributed by atoms with E-state index in [0.29, 0.717) is 6.42 Å². The van der Waals surface area contributed by atoms with Crippen LogP contribution >= 0.6 is 0 Å². The van der Waals surface area contributed by atoms with E-state index in [2.05, 4.69) is 0 Å². The Balaban J connectivity index is 3.08. The van der Waals surface area contributed by atoms with Gasteiger partial charge in [0.1, 0.15) is 6.04 Å². The van der Waals surface area contributed by atoms with Crippen molar-refractivity contribution in [2.24, 2.45) is 5.92 Å². The Morgan fingerprint density at radius 2 is 1.55 bits per heavy atom. The van der Waals surface area contributed by atoms with Crippen LogP contribution in [-0.4, -0.2) is 46.8 Å². The van der Waals surface area contributed by atoms with Gasteiger partial charge in [-0.1, -0.05) is 0 Å². The van der Waals surface area contributed by atoms with Crippen LogP contribution < -0.4 is 0 Å². The third kappa shape index (κ3) is 3.54. The van der Waals surface area contributed by atoms with Crippen molar-refractivity contribution in [2.75, 3.05) is 6.54 Å². The lowest BCUT2D eigenvalue weighted by Gasteiger charge is -2.36. The third-order valence-corrected chi connectivity index (χ3v) is 2.97. The van der Waals surface area contributed by atoms with Crippen molar-refractivity contribution in [3.05, 3.63) is 0 Å². The molecule has 0 saturated carbocycles. The maximum Gasteiger partial charge on any atom is 0.409 e. The Morgan fingerprint density at radius 1 is 1.05 bits per heavy atom. The summed E-state index contributed by atoms with van der Waals surface area (Å²) < 4.78 is 74.6. The van der Waals surface area contributed by atoms with Crippen LogP contribution in [0.5, 0.6) is 0 Å². The highest BCUT2D eigenvalue weighted by atomic mass is 19.4. The summed E-state index contributed by atoms with van der Waals surface area (Å²) in [5.41, 5.74) is 0. The lowest BCUT2D eigenvalue weighted by molar-refractivity contribution is -0.278. The molecular formula is C10H11F6NO3. The second-order valence-electron chi connectivity index (χ2n) is 4.40. The van der Waals surface area contributed by atoms with Crippen LogP contribution in [0.4, 0.5) is 26.3 Å². The molecule has 0 spiro atoms. The van der Waals surface area contributed by atoms with Gasteiger partial charge in [0.2, 0.25) is 11.8 Å². The maximum absolute atomic E-state index is 12.4. The van der Waals surface area contributed by atoms with Gasteiger partial charge < -0.3 is 10.0 Å². The maximum atomic E-state index is 12.4. The number of likely N-dealkylation sites (tertiary alicyclic amines) is 1. The normalized spacial score (nSPS) is 21.1. The van der Waals surface area contributed by atoms with Crippen molar-refractivity contribution < 1.29 is 41.0 Å². The first kappa shape index (κ1) is 16.6. The molecule has 1 fully saturated rings. The minimum atomic E-state index is -5.81. The van der Waals surface area contributed by atoms with Crippen LogP contribution in [0.2, 0.25) is 0 Å². The van der Waals surface area contributed by atoms with Gasteiger partial charge in [0, 0.05) is 6.54 Å². The zero-order chi connectivity index (χ0) is 15.7. The first-order chi connectivity index (χ1) is 8.96. The van der Waals surface area contributed by atoms with E-state index in [1.807, 2.05) is 0 Å². The predicted octanol–water partition coefficient (Wildman–Crippen LogP) is 2.19. The lowest BCUT2D eigenvalue weighted by Crippen LogP contribution is -2.55. The minimum absolute atomic E-state index is 0.163. The molecule has 1 saturated heterocycles. The first-order valence-corrected chi connectivity index (χ1v) is 5.63. The lowest BCUT2D eigenvalue weighted by atomic mass is 9.98. The van der Waals surface area contributed by atoms with Crippen molar-refractivity contribution in [1.82, 2.24) is 4.90 Å². The Kier molecular flexibility index (Phi) is 4.55. The van der Waals surface area contributed by atoms with Crippen LogP contribution in [0.15, 0.2) is 0 Å². The molecule has 0 radical (unpaired) electrons. The monoisotopic (exact) mass is 307 g/mol. The van der Waals surface area contributed by atoms with Crippen LogP contribution in [0.3, 0.4) is 0 Å². The molecule has 1 aliphatic heterocycles. The van der Waals surface area contributed by atoms with Gasteiger partial charge in [-0.2, -0.15) is 26.3 Å². The summed E-state index contributed by atoms with van der Waals surface area (Å²) in [4.78, 5) is 22.5. The fourth-order valence-corrected chi connectivity index (χ4v) is 2.08. The number of hydrogen-bond donors (Lipinski definition) is 1. The molecule has 0 aromatic carbocycles. The summed E-state index contributed by atoms with van der Waals surface area (Å²) in [6.07, 6.45) is -11.3. The van der Waals surface area contributed by atoms with Crippen molar-refractivity contribution in [2.45, 2.75) is 37.7 Å². The molecule has 0 bridgehead atoms. The molecule has 1 atom stereocenters. The quantitative estimate of drug-likeness (QED) is 0.796. The van der Waals surface area contributed by atoms with Gasteiger partial charge in [0.15, 0.2) is 0 Å². The molecule has 116 valence electrons. The summed E-state index contributed by atoms with van der Waals surface area (Å²) in [5, 5.41) is 8.79. The minimum Gasteiger partial charge on any atom is -0.480 e. The van der Waals surface area contributed by atoms with Crippen molar-refractivity contribution >= 4 is 11.9 Å². The van der Waals surface area contributed by atoms with Crippen LogP contribution in [0, 0.1) is 5.92 Å². The van der Waals surface area contributed by atoms with E-state index < -0.39 is 42.7 Å². The number of nitrogens with zero attached hydrogens (tertiary/aromatic N) is 1. The highest BCUT2D eigenvalue weighted by Crippen LogP contribution is 2.41. The van der Waals surface area contributed by atoms with Crippen molar-refractivity contribution in [1.29, 1.82) is 0 Å². The van der Waals surface area contributed by atoms with E-state index in [4.69, 9.17) is 5.11 Å². The molecule has 0 aromatic heterocycles. The van der Waals surface area contributed by atoms with Crippen molar-refractivity contribution in [3.63, 3.8) is 0 Å². The van der Waals surface area contributed by atoms with Crippen LogP contribution in [0.25, 0.3) is 0 Å². The molecule has 1 amide bonds. The summed E-state index contributed by atoms with van der Waals surface area (Å²) in [7, 11) is 0. The molecule has 1 heterocycles. The van der Waals surface area contributed by atoms with Gasteiger partial charge in [0.25, 0.3) is 0 Å². The number of hydrogen-bond acceptors (Lipinski definition) is 2. The zero-order valence-electron chi connectivity index (χ0n) is 9.96. The van der Waals surface area contributed by atoms with Gasteiger partial charge >= 0.3 is 18.3 Å². The molecule has 20 heavy (non-hydrogen) atoms. The van der Waals surface area contributed by atoms with Gasteiger partial charge in [-0.15, -0.1) is 0 Å². The highest BCUT2D eigenvalue weighted by molar-refractivity contribution is 5.86. The fraction of sp³-hybridized carbons (Fsp3) is 0.800. The van der Waals surface area contributed by atoms with E-state index in [-0.39, 0.29) is 17.7 Å². The Morgan fingerprint density at radius 3 is 1.95 bits per heavy atom. The molecule has 0 aliphatic carbocycles. The second-order valence-corrected chi connectivity index (χ2v) is 4.40. The smallest absolute Gasteiger partial charge is 0.409 e. The summed E-state index contributed by atoms with van der Waals surface area (Å²) in [6.45, 7) is -0.432. The average Bonchev–Trinajstić information content (AvgIpc) is 2.24. The number of carbonyl (C=O) groups is 2.